The van der Waals surface area contributed by atoms with E-state index in [0.29, 0.717) is 0 Å². The topological polar surface area (TPSA) is 61.5 Å². The van der Waals surface area contributed by atoms with Gasteiger partial charge in [0.05, 0.1) is 0 Å². The minimum absolute atomic E-state index is 0.124. The molecular formula is C11H12F3NO3. The summed E-state index contributed by atoms with van der Waals surface area (Å²) in [6.45, 7) is 0. The zero-order valence-electron chi connectivity index (χ0n) is 9.48. The summed E-state index contributed by atoms with van der Waals surface area (Å²) < 4.78 is 46.3. The van der Waals surface area contributed by atoms with E-state index in [2.05, 4.69) is 4.74 Å². The maximum atomic E-state index is 12.4. The van der Waals surface area contributed by atoms with E-state index in [1.807, 2.05) is 0 Å². The predicted molar refractivity (Wildman–Crippen MR) is 56.9 cm³/mol. The maximum absolute atomic E-state index is 12.4. The van der Waals surface area contributed by atoms with Crippen molar-refractivity contribution >= 4 is 5.97 Å². The average molecular weight is 263 g/mol. The van der Waals surface area contributed by atoms with Crippen LogP contribution >= 0.6 is 0 Å². The summed E-state index contributed by atoms with van der Waals surface area (Å²) in [5.41, 5.74) is 4.91. The van der Waals surface area contributed by atoms with Crippen LogP contribution < -0.4 is 10.5 Å². The van der Waals surface area contributed by atoms with Gasteiger partial charge in [-0.15, -0.1) is 0 Å². The Kier molecular flexibility index (Phi) is 4.69. The second-order valence-electron chi connectivity index (χ2n) is 3.46. The molecule has 0 unspecified atom stereocenters. The van der Waals surface area contributed by atoms with Crippen LogP contribution in [0.3, 0.4) is 0 Å². The number of halogens is 3. The number of benzene rings is 1. The van der Waals surface area contributed by atoms with E-state index in [4.69, 9.17) is 10.5 Å². The third-order valence-electron chi connectivity index (χ3n) is 2.15. The van der Waals surface area contributed by atoms with E-state index in [9.17, 15) is 18.0 Å². The normalized spacial score (nSPS) is 14.9. The number of nitrogens with two attached hydrogens (primary N) is 1. The summed E-state index contributed by atoms with van der Waals surface area (Å²) in [5, 5.41) is 0. The SMILES string of the molecule is CO[C@H](C(=O)Oc1ccccc1)[C@H](N)C(F)(F)F. The molecule has 0 fully saturated rings. The molecule has 4 nitrogen and oxygen atoms in total. The highest BCUT2D eigenvalue weighted by Gasteiger charge is 2.46. The van der Waals surface area contributed by atoms with Crippen molar-refractivity contribution in [3.8, 4) is 5.75 Å². The first-order valence-electron chi connectivity index (χ1n) is 4.98. The van der Waals surface area contributed by atoms with Crippen molar-refractivity contribution in [2.45, 2.75) is 18.3 Å². The van der Waals surface area contributed by atoms with E-state index in [1.54, 1.807) is 18.2 Å². The number of methoxy groups -OCH3 is 1. The Balaban J connectivity index is 2.75. The van der Waals surface area contributed by atoms with E-state index >= 15 is 0 Å². The van der Waals surface area contributed by atoms with Gasteiger partial charge < -0.3 is 15.2 Å². The molecule has 1 aromatic carbocycles. The lowest BCUT2D eigenvalue weighted by Crippen LogP contribution is -2.52. The Bertz CT molecular complexity index is 394. The fourth-order valence-electron chi connectivity index (χ4n) is 1.22. The molecule has 2 atom stereocenters. The molecule has 2 N–H and O–H groups in total. The lowest BCUT2D eigenvalue weighted by atomic mass is 10.1. The third kappa shape index (κ3) is 3.71. The molecule has 0 heterocycles. The summed E-state index contributed by atoms with van der Waals surface area (Å²) in [7, 11) is 0.961. The summed E-state index contributed by atoms with van der Waals surface area (Å²) in [6, 6.07) is 5.26. The molecule has 0 saturated carbocycles. The number of hydrogen-bond donors (Lipinski definition) is 1. The van der Waals surface area contributed by atoms with Crippen LogP contribution in [0.1, 0.15) is 0 Å². The average Bonchev–Trinajstić information content (AvgIpc) is 2.29. The Labute approximate surface area is 101 Å². The molecule has 0 saturated heterocycles. The van der Waals surface area contributed by atoms with Crippen molar-refractivity contribution in [2.75, 3.05) is 7.11 Å². The Morgan fingerprint density at radius 2 is 1.83 bits per heavy atom. The summed E-state index contributed by atoms with van der Waals surface area (Å²) >= 11 is 0. The van der Waals surface area contributed by atoms with Crippen LogP contribution in [0.4, 0.5) is 13.2 Å². The zero-order valence-corrected chi connectivity index (χ0v) is 9.48. The number of ether oxygens (including phenoxy) is 2. The zero-order chi connectivity index (χ0) is 13.8. The highest BCUT2D eigenvalue weighted by Crippen LogP contribution is 2.23. The van der Waals surface area contributed by atoms with Crippen molar-refractivity contribution in [3.05, 3.63) is 30.3 Å². The molecule has 0 radical (unpaired) electrons. The quantitative estimate of drug-likeness (QED) is 0.660. The molecule has 0 aliphatic heterocycles. The molecule has 0 aromatic heterocycles. The second-order valence-corrected chi connectivity index (χ2v) is 3.46. The van der Waals surface area contributed by atoms with Crippen LogP contribution in [0.5, 0.6) is 5.75 Å². The predicted octanol–water partition coefficient (Wildman–Crippen LogP) is 1.50. The molecule has 0 amide bonds. The number of carbonyl (C=O) groups excluding carboxylic acids is 1. The molecule has 100 valence electrons. The van der Waals surface area contributed by atoms with Crippen LogP contribution in [-0.4, -0.2) is 31.4 Å². The van der Waals surface area contributed by atoms with Gasteiger partial charge in [-0.3, -0.25) is 0 Å². The van der Waals surface area contributed by atoms with Crippen LogP contribution in [0, 0.1) is 0 Å². The first kappa shape index (κ1) is 14.5. The number of rotatable bonds is 4. The summed E-state index contributed by atoms with van der Waals surface area (Å²) in [4.78, 5) is 11.5. The van der Waals surface area contributed by atoms with Crippen molar-refractivity contribution in [1.82, 2.24) is 0 Å². The molecule has 18 heavy (non-hydrogen) atoms. The molecule has 0 aliphatic rings. The van der Waals surface area contributed by atoms with Gasteiger partial charge in [0.25, 0.3) is 0 Å². The number of esters is 1. The molecule has 7 heteroatoms. The summed E-state index contributed by atoms with van der Waals surface area (Å²) in [6.07, 6.45) is -6.64. The van der Waals surface area contributed by atoms with Crippen LogP contribution in [0.25, 0.3) is 0 Å². The van der Waals surface area contributed by atoms with Crippen molar-refractivity contribution in [3.63, 3.8) is 0 Å². The van der Waals surface area contributed by atoms with Gasteiger partial charge in [0.2, 0.25) is 0 Å². The van der Waals surface area contributed by atoms with Crippen molar-refractivity contribution in [1.29, 1.82) is 0 Å². The third-order valence-corrected chi connectivity index (χ3v) is 2.15. The van der Waals surface area contributed by atoms with Gasteiger partial charge in [-0.1, -0.05) is 18.2 Å². The Morgan fingerprint density at radius 1 is 1.28 bits per heavy atom. The summed E-state index contributed by atoms with van der Waals surface area (Å²) in [5.74, 6) is -1.06. The van der Waals surface area contributed by atoms with Gasteiger partial charge in [0, 0.05) is 7.11 Å². The van der Waals surface area contributed by atoms with Crippen LogP contribution in [0.15, 0.2) is 30.3 Å². The highest BCUT2D eigenvalue weighted by atomic mass is 19.4. The minimum Gasteiger partial charge on any atom is -0.425 e. The minimum atomic E-state index is -4.74. The van der Waals surface area contributed by atoms with Gasteiger partial charge in [0.1, 0.15) is 11.8 Å². The standard InChI is InChI=1S/C11H12F3NO3/c1-17-8(9(15)11(12,13)14)10(16)18-7-5-3-2-4-6-7/h2-6,8-9H,15H2,1H3/t8-,9-/m0/s1. The van der Waals surface area contributed by atoms with E-state index in [0.717, 1.165) is 7.11 Å². The first-order chi connectivity index (χ1) is 8.36. The van der Waals surface area contributed by atoms with Gasteiger partial charge >= 0.3 is 12.1 Å². The van der Waals surface area contributed by atoms with Crippen molar-refractivity contribution in [2.24, 2.45) is 5.73 Å². The van der Waals surface area contributed by atoms with Crippen LogP contribution in [0.2, 0.25) is 0 Å². The van der Waals surface area contributed by atoms with Crippen molar-refractivity contribution < 1.29 is 27.4 Å². The molecule has 1 aromatic rings. The maximum Gasteiger partial charge on any atom is 0.406 e. The Hall–Kier alpha value is -1.60. The fourth-order valence-corrected chi connectivity index (χ4v) is 1.22. The van der Waals surface area contributed by atoms with E-state index < -0.39 is 24.3 Å². The Morgan fingerprint density at radius 3 is 2.28 bits per heavy atom. The molecular weight excluding hydrogens is 251 g/mol. The number of para-hydroxylation sites is 1. The molecule has 1 rings (SSSR count). The van der Waals surface area contributed by atoms with Gasteiger partial charge in [-0.2, -0.15) is 13.2 Å². The first-order valence-corrected chi connectivity index (χ1v) is 4.98. The monoisotopic (exact) mass is 263 g/mol. The smallest absolute Gasteiger partial charge is 0.406 e. The van der Waals surface area contributed by atoms with Crippen LogP contribution in [-0.2, 0) is 9.53 Å². The molecule has 0 bridgehead atoms. The molecule has 0 spiro atoms. The molecule has 0 aliphatic carbocycles. The highest BCUT2D eigenvalue weighted by molar-refractivity contribution is 5.78. The lowest BCUT2D eigenvalue weighted by Gasteiger charge is -2.22. The van der Waals surface area contributed by atoms with E-state index in [1.165, 1.54) is 12.1 Å². The lowest BCUT2D eigenvalue weighted by molar-refractivity contribution is -0.184. The number of alkyl halides is 3. The van der Waals surface area contributed by atoms with E-state index in [-0.39, 0.29) is 5.75 Å². The number of hydrogen-bond acceptors (Lipinski definition) is 4. The fraction of sp³-hybridized carbons (Fsp3) is 0.364. The number of carbonyl (C=O) groups is 1. The van der Waals surface area contributed by atoms with Gasteiger partial charge in [0.15, 0.2) is 6.10 Å². The van der Waals surface area contributed by atoms with Gasteiger partial charge in [-0.05, 0) is 12.1 Å². The second kappa shape index (κ2) is 5.83. The van der Waals surface area contributed by atoms with Gasteiger partial charge in [-0.25, -0.2) is 4.79 Å². The largest absolute Gasteiger partial charge is 0.425 e.